The van der Waals surface area contributed by atoms with Crippen LogP contribution >= 0.6 is 0 Å². The van der Waals surface area contributed by atoms with Crippen LogP contribution in [-0.4, -0.2) is 44.9 Å². The van der Waals surface area contributed by atoms with E-state index in [1.807, 2.05) is 54.7 Å². The second kappa shape index (κ2) is 27.0. The highest BCUT2D eigenvalue weighted by molar-refractivity contribution is 5.32. The van der Waals surface area contributed by atoms with E-state index in [4.69, 9.17) is 32.1 Å². The van der Waals surface area contributed by atoms with E-state index in [0.717, 1.165) is 28.6 Å². The van der Waals surface area contributed by atoms with Crippen LogP contribution in [0, 0.1) is 68.6 Å². The van der Waals surface area contributed by atoms with E-state index >= 15 is 0 Å². The van der Waals surface area contributed by atoms with Crippen LogP contribution in [0.2, 0.25) is 0 Å². The van der Waals surface area contributed by atoms with Crippen LogP contribution in [0.5, 0.6) is 0 Å². The van der Waals surface area contributed by atoms with Gasteiger partial charge < -0.3 is 0 Å². The highest BCUT2D eigenvalue weighted by Gasteiger charge is 2.19. The zero-order valence-electron chi connectivity index (χ0n) is 46.1. The molecule has 6 heterocycles. The molecule has 0 fully saturated rings. The molecule has 0 radical (unpaired) electrons. The molecule has 0 atom stereocenters. The molecule has 0 aliphatic carbocycles. The lowest BCUT2D eigenvalue weighted by molar-refractivity contribution is 0.544. The fourth-order valence-corrected chi connectivity index (χ4v) is 5.68. The van der Waals surface area contributed by atoms with E-state index in [1.165, 1.54) is 17.5 Å². The van der Waals surface area contributed by atoms with Crippen LogP contribution < -0.4 is 0 Å². The Morgan fingerprint density at radius 1 is 0.366 bits per heavy atom. The molecule has 0 spiro atoms. The smallest absolute Gasteiger partial charge is 0.204 e. The summed E-state index contributed by atoms with van der Waals surface area (Å²) in [6.45, 7) is 40.2. The number of rotatable bonds is 0. The van der Waals surface area contributed by atoms with Crippen molar-refractivity contribution in [2.75, 3.05) is 0 Å². The third-order valence-electron chi connectivity index (χ3n) is 9.86. The molecule has 6 aromatic rings. The zero-order chi connectivity index (χ0) is 54.4. The molecule has 6 rings (SSSR count). The van der Waals surface area contributed by atoms with Gasteiger partial charge in [-0.3, -0.25) is 4.98 Å². The lowest BCUT2D eigenvalue weighted by Gasteiger charge is -2.20. The average molecular weight is 948 g/mol. The van der Waals surface area contributed by atoms with E-state index in [0.29, 0.717) is 28.6 Å². The first-order chi connectivity index (χ1) is 32.7. The van der Waals surface area contributed by atoms with Crippen molar-refractivity contribution in [2.45, 2.75) is 164 Å². The summed E-state index contributed by atoms with van der Waals surface area (Å²) >= 11 is 0. The predicted molar refractivity (Wildman–Crippen MR) is 295 cm³/mol. The van der Waals surface area contributed by atoms with Crippen molar-refractivity contribution in [3.05, 3.63) is 160 Å². The topological polar surface area (TPSA) is 116 Å². The Kier molecular flexibility index (Phi) is 23.4. The largest absolute Gasteiger partial charge is 0.261 e. The molecule has 0 unspecified atom stereocenters. The molecule has 0 aliphatic heterocycles. The van der Waals surface area contributed by atoms with E-state index < -0.39 is 0 Å². The number of terminal acetylenes is 5. The number of hydrogen-bond acceptors (Lipinski definition) is 9. The minimum Gasteiger partial charge on any atom is -0.261 e. The molecular weight excluding hydrogens is 871 g/mol. The maximum atomic E-state index is 5.25. The summed E-state index contributed by atoms with van der Waals surface area (Å²) in [5.74, 6) is 13.7. The highest BCUT2D eigenvalue weighted by atomic mass is 14.9. The predicted octanol–water partition coefficient (Wildman–Crippen LogP) is 12.7. The van der Waals surface area contributed by atoms with Crippen LogP contribution in [0.4, 0.5) is 0 Å². The first kappa shape index (κ1) is 61.5. The molecular formula is C62H77N9. The van der Waals surface area contributed by atoms with Crippen LogP contribution in [0.1, 0.15) is 193 Å². The van der Waals surface area contributed by atoms with Crippen molar-refractivity contribution >= 4 is 0 Å². The van der Waals surface area contributed by atoms with Crippen molar-refractivity contribution in [1.82, 2.24) is 44.9 Å². The Morgan fingerprint density at radius 2 is 0.887 bits per heavy atom. The molecule has 0 bridgehead atoms. The van der Waals surface area contributed by atoms with Crippen molar-refractivity contribution in [1.29, 1.82) is 0 Å². The number of nitrogens with zero attached hydrogens (tertiary/aromatic N) is 9. The molecule has 370 valence electrons. The van der Waals surface area contributed by atoms with Crippen LogP contribution in [-0.2, 0) is 32.5 Å². The lowest BCUT2D eigenvalue weighted by Crippen LogP contribution is -2.16. The van der Waals surface area contributed by atoms with Crippen molar-refractivity contribution in [2.24, 2.45) is 0 Å². The standard InChI is InChI=1S/2C11H13N.3C10H12N2.C10H15N/c1-5-10-8-9(6-7-12-10)11(2,3)4;1-5-9-7-6-8-10(12-9)11(2,3)4;1-5-8-6-9(10(2,3)4)12-7-11-8;1-5-9-11-7-6-8(12-9)10(2,3)4;1-5-8-6-7-11-9(12-8)10(2,3)4;1-8-9(10(2,3)4)6-5-7-11-8/h2*1,6-8H,2-4H3;3*1,6-7H,2-4H3;5-7H,1-4H3. The van der Waals surface area contributed by atoms with Gasteiger partial charge in [-0.15, -0.1) is 32.1 Å². The molecule has 71 heavy (non-hydrogen) atoms. The average Bonchev–Trinajstić information content (AvgIpc) is 3.31. The van der Waals surface area contributed by atoms with Gasteiger partial charge in [0.15, 0.2) is 0 Å². The quantitative estimate of drug-likeness (QED) is 0.137. The second-order valence-corrected chi connectivity index (χ2v) is 22.5. The maximum absolute atomic E-state index is 5.25. The van der Waals surface area contributed by atoms with Gasteiger partial charge in [-0.25, -0.2) is 39.9 Å². The summed E-state index contributed by atoms with van der Waals surface area (Å²) in [6, 6.07) is 19.4. The van der Waals surface area contributed by atoms with Gasteiger partial charge in [-0.05, 0) is 83.3 Å². The second-order valence-electron chi connectivity index (χ2n) is 22.5. The molecule has 0 amide bonds. The van der Waals surface area contributed by atoms with Gasteiger partial charge in [-0.2, -0.15) is 0 Å². The van der Waals surface area contributed by atoms with E-state index in [2.05, 4.69) is 212 Å². The fourth-order valence-electron chi connectivity index (χ4n) is 5.68. The Bertz CT molecular complexity index is 2440. The van der Waals surface area contributed by atoms with Gasteiger partial charge in [0, 0.05) is 57.8 Å². The Balaban J connectivity index is 0.000000426. The number of aryl methyl sites for hydroxylation is 1. The number of hydrogen-bond donors (Lipinski definition) is 0. The SMILES string of the molecule is C#Cc1cc(C(C)(C)C)ccn1.C#Cc1cc(C(C)(C)C)ncn1.C#Cc1cccc(C(C)(C)C)n1.C#Cc1ccnc(C(C)(C)C)n1.C#Cc1nccc(C(C)(C)C)n1.Cc1ncccc1C(C)(C)C. The van der Waals surface area contributed by atoms with Gasteiger partial charge in [0.05, 0.1) is 11.4 Å². The highest BCUT2D eigenvalue weighted by Crippen LogP contribution is 2.25. The molecule has 9 nitrogen and oxygen atoms in total. The number of pyridine rings is 3. The van der Waals surface area contributed by atoms with Gasteiger partial charge in [-0.1, -0.05) is 160 Å². The Labute approximate surface area is 428 Å². The van der Waals surface area contributed by atoms with Crippen molar-refractivity contribution < 1.29 is 0 Å². The summed E-state index contributed by atoms with van der Waals surface area (Å²) < 4.78 is 0. The zero-order valence-corrected chi connectivity index (χ0v) is 46.1. The Morgan fingerprint density at radius 3 is 1.37 bits per heavy atom. The van der Waals surface area contributed by atoms with Crippen LogP contribution in [0.25, 0.3) is 0 Å². The van der Waals surface area contributed by atoms with Crippen molar-refractivity contribution in [3.63, 3.8) is 0 Å². The van der Waals surface area contributed by atoms with Gasteiger partial charge in [0.2, 0.25) is 5.82 Å². The van der Waals surface area contributed by atoms with E-state index in [9.17, 15) is 0 Å². The normalized spacial score (nSPS) is 11.0. The molecule has 0 aromatic carbocycles. The molecule has 0 saturated carbocycles. The summed E-state index contributed by atoms with van der Waals surface area (Å²) in [4.78, 5) is 37.2. The monoisotopic (exact) mass is 948 g/mol. The fraction of sp³-hybridized carbons (Fsp3) is 0.403. The summed E-state index contributed by atoms with van der Waals surface area (Å²) in [7, 11) is 0. The minimum atomic E-state index is -0.0349. The minimum absolute atomic E-state index is 0.0349. The van der Waals surface area contributed by atoms with Crippen LogP contribution in [0.3, 0.4) is 0 Å². The van der Waals surface area contributed by atoms with E-state index in [-0.39, 0.29) is 32.5 Å². The Hall–Kier alpha value is -7.51. The summed E-state index contributed by atoms with van der Waals surface area (Å²) in [5, 5.41) is 0. The first-order valence-electron chi connectivity index (χ1n) is 23.4. The van der Waals surface area contributed by atoms with Crippen molar-refractivity contribution in [3.8, 4) is 61.7 Å². The lowest BCUT2D eigenvalue weighted by atomic mass is 9.86. The number of aromatic nitrogens is 9. The molecule has 6 aromatic heterocycles. The molecule has 9 heteroatoms. The maximum Gasteiger partial charge on any atom is 0.204 e. The first-order valence-corrected chi connectivity index (χ1v) is 23.4. The van der Waals surface area contributed by atoms with Gasteiger partial charge >= 0.3 is 0 Å². The third-order valence-corrected chi connectivity index (χ3v) is 9.86. The third kappa shape index (κ3) is 23.1. The summed E-state index contributed by atoms with van der Waals surface area (Å²) in [6.07, 6.45) is 34.6. The van der Waals surface area contributed by atoms with E-state index in [1.54, 1.807) is 24.7 Å². The molecule has 0 N–H and O–H groups in total. The molecule has 0 aliphatic rings. The van der Waals surface area contributed by atoms with Crippen LogP contribution in [0.15, 0.2) is 91.8 Å². The summed E-state index contributed by atoms with van der Waals surface area (Å²) in [5.41, 5.74) is 9.89. The van der Waals surface area contributed by atoms with Gasteiger partial charge in [0.25, 0.3) is 0 Å². The molecule has 0 saturated heterocycles. The van der Waals surface area contributed by atoms with Gasteiger partial charge in [0.1, 0.15) is 34.9 Å².